The fraction of sp³-hybridized carbons (Fsp3) is 0.500. The van der Waals surface area contributed by atoms with Crippen LogP contribution >= 0.6 is 11.3 Å². The van der Waals surface area contributed by atoms with Crippen molar-refractivity contribution in [3.8, 4) is 0 Å². The molecule has 1 aromatic rings. The maximum absolute atomic E-state index is 11.9. The third-order valence-electron chi connectivity index (χ3n) is 2.69. The second-order valence-electron chi connectivity index (χ2n) is 3.54. The van der Waals surface area contributed by atoms with Crippen molar-refractivity contribution in [2.75, 3.05) is 5.73 Å². The van der Waals surface area contributed by atoms with Crippen LogP contribution in [0.25, 0.3) is 0 Å². The first-order valence-corrected chi connectivity index (χ1v) is 5.54. The third-order valence-corrected chi connectivity index (χ3v) is 3.43. The summed E-state index contributed by atoms with van der Waals surface area (Å²) in [4.78, 5) is 11.9. The molecule has 1 aliphatic rings. The molecule has 70 valence electrons. The zero-order valence-electron chi connectivity index (χ0n) is 7.45. The van der Waals surface area contributed by atoms with Crippen molar-refractivity contribution in [2.24, 2.45) is 5.92 Å². The molecule has 0 amide bonds. The van der Waals surface area contributed by atoms with E-state index in [0.29, 0.717) is 5.00 Å². The first kappa shape index (κ1) is 8.75. The smallest absolute Gasteiger partial charge is 0.168 e. The lowest BCUT2D eigenvalue weighted by molar-refractivity contribution is 0.0924. The molecule has 0 spiro atoms. The minimum absolute atomic E-state index is 0.247. The van der Waals surface area contributed by atoms with Gasteiger partial charge in [-0.1, -0.05) is 12.8 Å². The van der Waals surface area contributed by atoms with Gasteiger partial charge in [-0.25, -0.2) is 0 Å². The highest BCUT2D eigenvalue weighted by Crippen LogP contribution is 2.31. The van der Waals surface area contributed by atoms with Gasteiger partial charge in [0.1, 0.15) is 0 Å². The summed E-state index contributed by atoms with van der Waals surface area (Å²) < 4.78 is 0. The summed E-state index contributed by atoms with van der Waals surface area (Å²) >= 11 is 1.45. The summed E-state index contributed by atoms with van der Waals surface area (Å²) in [5.41, 5.74) is 6.45. The molecule has 1 saturated carbocycles. The van der Waals surface area contributed by atoms with Gasteiger partial charge in [-0.15, -0.1) is 11.3 Å². The van der Waals surface area contributed by atoms with Gasteiger partial charge in [-0.2, -0.15) is 0 Å². The quantitative estimate of drug-likeness (QED) is 0.737. The Hall–Kier alpha value is -0.830. The van der Waals surface area contributed by atoms with E-state index in [1.54, 1.807) is 0 Å². The van der Waals surface area contributed by atoms with Crippen LogP contribution < -0.4 is 5.73 Å². The number of nitrogens with two attached hydrogens (primary N) is 1. The normalized spacial score (nSPS) is 17.8. The first-order chi connectivity index (χ1) is 6.29. The topological polar surface area (TPSA) is 43.1 Å². The van der Waals surface area contributed by atoms with Crippen LogP contribution in [0.3, 0.4) is 0 Å². The van der Waals surface area contributed by atoms with E-state index in [4.69, 9.17) is 5.73 Å². The number of rotatable bonds is 2. The molecule has 1 aromatic heterocycles. The molecule has 0 radical (unpaired) electrons. The number of carbonyl (C=O) groups is 1. The van der Waals surface area contributed by atoms with Gasteiger partial charge < -0.3 is 5.73 Å². The number of ketones is 1. The van der Waals surface area contributed by atoms with Crippen LogP contribution in [0.1, 0.15) is 36.0 Å². The van der Waals surface area contributed by atoms with E-state index < -0.39 is 0 Å². The molecule has 3 heteroatoms. The summed E-state index contributed by atoms with van der Waals surface area (Å²) in [6, 6.07) is 1.85. The highest BCUT2D eigenvalue weighted by molar-refractivity contribution is 7.14. The fourth-order valence-electron chi connectivity index (χ4n) is 1.93. The van der Waals surface area contributed by atoms with Crippen LogP contribution in [0.15, 0.2) is 11.4 Å². The van der Waals surface area contributed by atoms with Gasteiger partial charge in [0.2, 0.25) is 0 Å². The molecule has 0 aliphatic heterocycles. The number of Topliss-reactive ketones (excluding diaryl/α,β-unsaturated/α-hetero) is 1. The summed E-state index contributed by atoms with van der Waals surface area (Å²) in [7, 11) is 0. The summed E-state index contributed by atoms with van der Waals surface area (Å²) in [5, 5.41) is 2.56. The predicted octanol–water partition coefficient (Wildman–Crippen LogP) is 2.70. The van der Waals surface area contributed by atoms with E-state index in [2.05, 4.69) is 0 Å². The molecule has 0 unspecified atom stereocenters. The van der Waals surface area contributed by atoms with Crippen LogP contribution in [0.4, 0.5) is 5.00 Å². The van der Waals surface area contributed by atoms with Gasteiger partial charge in [0.05, 0.1) is 10.6 Å². The Bertz CT molecular complexity index is 312. The maximum atomic E-state index is 11.9. The van der Waals surface area contributed by atoms with Crippen LogP contribution in [0.2, 0.25) is 0 Å². The minimum Gasteiger partial charge on any atom is -0.390 e. The monoisotopic (exact) mass is 195 g/mol. The van der Waals surface area contributed by atoms with Crippen LogP contribution in [0.5, 0.6) is 0 Å². The van der Waals surface area contributed by atoms with E-state index in [1.807, 2.05) is 11.4 Å². The number of carbonyl (C=O) groups excluding carboxylic acids is 1. The summed E-state index contributed by atoms with van der Waals surface area (Å²) in [6.45, 7) is 0. The number of thiophene rings is 1. The molecule has 1 heterocycles. The zero-order valence-corrected chi connectivity index (χ0v) is 8.27. The lowest BCUT2D eigenvalue weighted by Gasteiger charge is -2.06. The van der Waals surface area contributed by atoms with Gasteiger partial charge in [0.25, 0.3) is 0 Å². The van der Waals surface area contributed by atoms with Crippen molar-refractivity contribution in [1.82, 2.24) is 0 Å². The average Bonchev–Trinajstić information content (AvgIpc) is 2.72. The van der Waals surface area contributed by atoms with Crippen molar-refractivity contribution < 1.29 is 4.79 Å². The molecule has 13 heavy (non-hydrogen) atoms. The maximum Gasteiger partial charge on any atom is 0.168 e. The molecule has 0 saturated heterocycles. The lowest BCUT2D eigenvalue weighted by atomic mass is 9.98. The van der Waals surface area contributed by atoms with Gasteiger partial charge in [0, 0.05) is 5.92 Å². The van der Waals surface area contributed by atoms with Crippen molar-refractivity contribution in [1.29, 1.82) is 0 Å². The standard InChI is InChI=1S/C10H13NOS/c11-10-8(5-6-13-10)9(12)7-3-1-2-4-7/h5-7H,1-4,11H2. The second kappa shape index (κ2) is 3.50. The molecule has 2 rings (SSSR count). The summed E-state index contributed by atoms with van der Waals surface area (Å²) in [5.74, 6) is 0.508. The average molecular weight is 195 g/mol. The molecule has 2 N–H and O–H groups in total. The molecule has 1 fully saturated rings. The van der Waals surface area contributed by atoms with Crippen molar-refractivity contribution in [3.05, 3.63) is 17.0 Å². The lowest BCUT2D eigenvalue weighted by Crippen LogP contribution is -2.11. The Balaban J connectivity index is 2.17. The van der Waals surface area contributed by atoms with E-state index >= 15 is 0 Å². The van der Waals surface area contributed by atoms with Crippen molar-refractivity contribution in [2.45, 2.75) is 25.7 Å². The molecular formula is C10H13NOS. The van der Waals surface area contributed by atoms with E-state index in [1.165, 1.54) is 24.2 Å². The first-order valence-electron chi connectivity index (χ1n) is 4.66. The number of anilines is 1. The SMILES string of the molecule is Nc1sccc1C(=O)C1CCCC1. The number of hydrogen-bond donors (Lipinski definition) is 1. The second-order valence-corrected chi connectivity index (χ2v) is 4.49. The molecule has 1 aliphatic carbocycles. The summed E-state index contributed by atoms with van der Waals surface area (Å²) in [6.07, 6.45) is 4.49. The van der Waals surface area contributed by atoms with Crippen LogP contribution in [0, 0.1) is 5.92 Å². The van der Waals surface area contributed by atoms with Crippen molar-refractivity contribution >= 4 is 22.1 Å². The Morgan fingerprint density at radius 3 is 2.69 bits per heavy atom. The largest absolute Gasteiger partial charge is 0.390 e. The van der Waals surface area contributed by atoms with E-state index in [-0.39, 0.29) is 11.7 Å². The predicted molar refractivity (Wildman–Crippen MR) is 55.0 cm³/mol. The Labute approximate surface area is 81.8 Å². The number of hydrogen-bond acceptors (Lipinski definition) is 3. The molecular weight excluding hydrogens is 182 g/mol. The highest BCUT2D eigenvalue weighted by Gasteiger charge is 2.25. The van der Waals surface area contributed by atoms with Gasteiger partial charge in [-0.3, -0.25) is 4.79 Å². The van der Waals surface area contributed by atoms with Gasteiger partial charge in [-0.05, 0) is 24.3 Å². The van der Waals surface area contributed by atoms with Crippen molar-refractivity contribution in [3.63, 3.8) is 0 Å². The van der Waals surface area contributed by atoms with Crippen LogP contribution in [-0.2, 0) is 0 Å². The van der Waals surface area contributed by atoms with E-state index in [9.17, 15) is 4.79 Å². The van der Waals surface area contributed by atoms with Gasteiger partial charge in [0.15, 0.2) is 5.78 Å². The molecule has 0 bridgehead atoms. The number of nitrogen functional groups attached to an aromatic ring is 1. The minimum atomic E-state index is 0.247. The Morgan fingerprint density at radius 2 is 2.15 bits per heavy atom. The van der Waals surface area contributed by atoms with E-state index in [0.717, 1.165) is 18.4 Å². The Morgan fingerprint density at radius 1 is 1.46 bits per heavy atom. The molecule has 2 nitrogen and oxygen atoms in total. The Kier molecular flexibility index (Phi) is 2.36. The van der Waals surface area contributed by atoms with Crippen LogP contribution in [-0.4, -0.2) is 5.78 Å². The van der Waals surface area contributed by atoms with Gasteiger partial charge >= 0.3 is 0 Å². The highest BCUT2D eigenvalue weighted by atomic mass is 32.1. The molecule has 0 atom stereocenters. The zero-order chi connectivity index (χ0) is 9.26. The fourth-order valence-corrected chi connectivity index (χ4v) is 2.58. The molecule has 0 aromatic carbocycles. The third kappa shape index (κ3) is 1.61.